The summed E-state index contributed by atoms with van der Waals surface area (Å²) in [4.78, 5) is 0. The largest absolute Gasteiger partial charge is 0.316 e. The summed E-state index contributed by atoms with van der Waals surface area (Å²) < 4.78 is 6.33. The Balaban J connectivity index is 0.000000175. The average Bonchev–Trinajstić information content (AvgIpc) is 1.55. The van der Waals surface area contributed by atoms with Gasteiger partial charge in [0.15, 0.2) is 0 Å². The lowest BCUT2D eigenvalue weighted by molar-refractivity contribution is 0.138. The number of allylic oxidation sites excluding steroid dienone is 8. The van der Waals surface area contributed by atoms with Crippen molar-refractivity contribution >= 4 is 49.2 Å². The Bertz CT molecular complexity index is 3870. The zero-order chi connectivity index (χ0) is 68.2. The Morgan fingerprint density at radius 3 is 1.28 bits per heavy atom. The number of rotatable bonds is 20. The molecule has 0 aromatic heterocycles. The smallest absolute Gasteiger partial charge is 0.127 e. The number of hydrogen-bond acceptors (Lipinski definition) is 2. The summed E-state index contributed by atoms with van der Waals surface area (Å²) in [6.45, 7) is 38.5. The van der Waals surface area contributed by atoms with Gasteiger partial charge in [0, 0.05) is 34.0 Å². The predicted octanol–water partition coefficient (Wildman–Crippen LogP) is 27.2. The minimum atomic E-state index is -1.83. The molecular formula is C93H128N2Si2. The van der Waals surface area contributed by atoms with Gasteiger partial charge in [-0.3, -0.25) is 0 Å². The molecule has 0 bridgehead atoms. The molecule has 7 unspecified atom stereocenters. The van der Waals surface area contributed by atoms with Crippen LogP contribution < -0.4 is 0 Å². The fraction of sp³-hybridized carbons (Fsp3) is 0.570. The van der Waals surface area contributed by atoms with Crippen LogP contribution >= 0.6 is 0 Å². The molecule has 518 valence electrons. The molecule has 0 aliphatic heterocycles. The zero-order valence-electron chi connectivity index (χ0n) is 63.6. The topological polar surface area (TPSA) is 6.48 Å². The van der Waals surface area contributed by atoms with Gasteiger partial charge in [0.1, 0.15) is 16.5 Å². The van der Waals surface area contributed by atoms with Crippen molar-refractivity contribution < 1.29 is 0 Å². The molecule has 0 amide bonds. The van der Waals surface area contributed by atoms with Crippen LogP contribution in [0.3, 0.4) is 0 Å². The van der Waals surface area contributed by atoms with E-state index in [4.69, 9.17) is 0 Å². The van der Waals surface area contributed by atoms with Gasteiger partial charge in [-0.2, -0.15) is 0 Å². The Morgan fingerprint density at radius 2 is 0.835 bits per heavy atom. The molecule has 4 fully saturated rings. The number of hydrogen-bond donors (Lipinski definition) is 0. The van der Waals surface area contributed by atoms with E-state index in [1.165, 1.54) is 204 Å². The maximum absolute atomic E-state index is 3.17. The first-order valence-corrected chi connectivity index (χ1v) is 46.4. The van der Waals surface area contributed by atoms with E-state index in [-0.39, 0.29) is 21.9 Å². The zero-order valence-corrected chi connectivity index (χ0v) is 65.6. The summed E-state index contributed by atoms with van der Waals surface area (Å²) in [6, 6.07) is 48.4. The van der Waals surface area contributed by atoms with Crippen molar-refractivity contribution in [3.05, 3.63) is 179 Å². The predicted molar refractivity (Wildman–Crippen MR) is 429 cm³/mol. The Hall–Kier alpha value is -4.85. The van der Waals surface area contributed by atoms with Crippen molar-refractivity contribution in [3.8, 4) is 22.3 Å². The lowest BCUT2D eigenvalue weighted by Gasteiger charge is -2.56. The van der Waals surface area contributed by atoms with Gasteiger partial charge in [0.2, 0.25) is 0 Å². The van der Waals surface area contributed by atoms with E-state index >= 15 is 0 Å². The summed E-state index contributed by atoms with van der Waals surface area (Å²) in [5, 5.41) is 5.40. The molecule has 6 aromatic carbocycles. The second-order valence-electron chi connectivity index (χ2n) is 35.9. The van der Waals surface area contributed by atoms with Crippen LogP contribution in [0.4, 0.5) is 0 Å². The number of nitrogens with zero attached hydrogens (tertiary/aromatic N) is 2. The molecule has 14 rings (SSSR count). The maximum atomic E-state index is 3.17. The van der Waals surface area contributed by atoms with Crippen molar-refractivity contribution in [1.82, 2.24) is 9.13 Å². The summed E-state index contributed by atoms with van der Waals surface area (Å²) in [7, 11) is -3.61. The van der Waals surface area contributed by atoms with Crippen molar-refractivity contribution in [2.75, 3.05) is 0 Å². The number of fused-ring (bicyclic) bond motifs is 10. The van der Waals surface area contributed by atoms with Gasteiger partial charge in [-0.05, 0) is 247 Å². The van der Waals surface area contributed by atoms with E-state index in [0.717, 1.165) is 29.1 Å². The van der Waals surface area contributed by atoms with E-state index in [0.29, 0.717) is 23.7 Å². The summed E-state index contributed by atoms with van der Waals surface area (Å²) in [5.74, 6) is 3.48. The number of benzene rings is 6. The van der Waals surface area contributed by atoms with Crippen LogP contribution in [0.1, 0.15) is 259 Å². The van der Waals surface area contributed by atoms with Gasteiger partial charge in [0.05, 0.1) is 0 Å². The van der Waals surface area contributed by atoms with E-state index in [1.54, 1.807) is 44.5 Å². The van der Waals surface area contributed by atoms with Crippen molar-refractivity contribution in [3.63, 3.8) is 0 Å². The Labute approximate surface area is 593 Å². The summed E-state index contributed by atoms with van der Waals surface area (Å²) in [5.41, 5.74) is 20.9. The highest BCUT2D eigenvalue weighted by atomic mass is 28.3. The highest BCUT2D eigenvalue weighted by molar-refractivity contribution is 6.77. The van der Waals surface area contributed by atoms with E-state index in [9.17, 15) is 0 Å². The van der Waals surface area contributed by atoms with Crippen LogP contribution in [0, 0.1) is 29.6 Å². The number of unbranched alkanes of at least 4 members (excludes halogenated alkanes) is 4. The van der Waals surface area contributed by atoms with E-state index < -0.39 is 16.5 Å². The molecule has 7 atom stereocenters. The highest BCUT2D eigenvalue weighted by Crippen LogP contribution is 2.66. The first-order chi connectivity index (χ1) is 46.6. The highest BCUT2D eigenvalue weighted by Gasteiger charge is 2.58. The molecule has 6 aromatic rings. The minimum absolute atomic E-state index is 0.119. The van der Waals surface area contributed by atoms with Crippen molar-refractivity contribution in [1.29, 1.82) is 0 Å². The molecule has 8 aliphatic rings. The second-order valence-corrected chi connectivity index (χ2v) is 44.8. The molecule has 0 N–H and O–H groups in total. The third-order valence-electron chi connectivity index (χ3n) is 27.0. The lowest BCUT2D eigenvalue weighted by atomic mass is 9.68. The van der Waals surface area contributed by atoms with Crippen LogP contribution in [0.15, 0.2) is 157 Å². The van der Waals surface area contributed by atoms with Gasteiger partial charge in [-0.25, -0.2) is 0 Å². The van der Waals surface area contributed by atoms with Crippen LogP contribution in [-0.4, -0.2) is 48.8 Å². The van der Waals surface area contributed by atoms with Crippen molar-refractivity contribution in [2.45, 2.75) is 308 Å². The van der Waals surface area contributed by atoms with E-state index in [1.807, 2.05) is 0 Å². The third kappa shape index (κ3) is 13.0. The molecule has 0 heterocycles. The molecule has 0 radical (unpaired) electrons. The molecular weight excluding hydrogens is 1200 g/mol. The molecule has 2 nitrogen and oxygen atoms in total. The van der Waals surface area contributed by atoms with Gasteiger partial charge < -0.3 is 9.13 Å². The van der Waals surface area contributed by atoms with Gasteiger partial charge in [-0.15, -0.1) is 0 Å². The van der Waals surface area contributed by atoms with Crippen LogP contribution in [-0.2, 0) is 10.8 Å². The standard InChI is InChI=1S/C47H65NSi.C46H63NSi/c1-9-11-27-47(28-12-10-2)43-31-35(39-24-18-20-34-19-16-17-23-38(34)39)25-26-40(43)42-30-36-29-33(3)45(41(36)32-44(42)47)49(7,8)48(46(4,5)6)37-21-14-13-15-22-37;1-8-10-28-46(29-11-9-2)42-31-35(38-23-17-19-33-18-15-16-22-37(33)38)24-26-39(42)41-30-34-25-27-44(40(34)32-43(41)46)48(6,7)47(45(3,4)5)36-20-13-12-14-21-36/h16-20,23-26,30-33,36-37,41,45H,9-15,21-22,27-29H2,1-8H3;15-19,22-24,26,30-32,34,36,40,44H,8-14,20-21,25,27-29H2,1-7H3. The second kappa shape index (κ2) is 28.5. The third-order valence-corrected chi connectivity index (χ3v) is 36.6. The quantitative estimate of drug-likeness (QED) is 0.0703. The molecule has 8 aliphatic carbocycles. The van der Waals surface area contributed by atoms with E-state index in [2.05, 4.69) is 257 Å². The Kier molecular flexibility index (Phi) is 20.8. The van der Waals surface area contributed by atoms with Crippen LogP contribution in [0.5, 0.6) is 0 Å². The lowest BCUT2D eigenvalue weighted by Crippen LogP contribution is -2.65. The summed E-state index contributed by atoms with van der Waals surface area (Å²) >= 11 is 0. The first kappa shape index (κ1) is 70.6. The normalized spacial score (nSPS) is 24.6. The molecule has 0 spiro atoms. The SMILES string of the molecule is CCCCC1(CCCC)C2=CC3C(C=C2c2ccc(-c4cccc5ccccc45)cc21)CC(C)C3[Si](C)(C)N(C1CCCCC1)C(C)(C)C.CCCCC1(CCCC)C2=CC3C(C=C2c2ccc(-c4cccc5ccccc45)cc21)CCC3[Si](C)(C)N(C1CCCCC1)C(C)(C)C. The molecule has 0 saturated heterocycles. The molecule has 4 saturated carbocycles. The van der Waals surface area contributed by atoms with Gasteiger partial charge in [0.25, 0.3) is 0 Å². The fourth-order valence-electron chi connectivity index (χ4n) is 23.7. The molecule has 97 heavy (non-hydrogen) atoms. The monoisotopic (exact) mass is 1330 g/mol. The minimum Gasteiger partial charge on any atom is -0.316 e. The Morgan fingerprint density at radius 1 is 0.423 bits per heavy atom. The summed E-state index contributed by atoms with van der Waals surface area (Å²) in [6.07, 6.45) is 45.1. The maximum Gasteiger partial charge on any atom is 0.127 e. The van der Waals surface area contributed by atoms with Gasteiger partial charge in [-0.1, -0.05) is 291 Å². The van der Waals surface area contributed by atoms with Gasteiger partial charge >= 0.3 is 0 Å². The van der Waals surface area contributed by atoms with Crippen LogP contribution in [0.25, 0.3) is 54.9 Å². The first-order valence-electron chi connectivity index (χ1n) is 40.3. The van der Waals surface area contributed by atoms with Crippen molar-refractivity contribution in [2.24, 2.45) is 29.6 Å². The molecule has 4 heteroatoms. The average molecular weight is 1330 g/mol. The fourth-order valence-corrected chi connectivity index (χ4v) is 35.2. The van der Waals surface area contributed by atoms with Crippen LogP contribution in [0.2, 0.25) is 37.3 Å².